The molecule has 0 spiro atoms. The maximum Gasteiger partial charge on any atom is 0.306 e. The molecule has 0 rings (SSSR count). The fourth-order valence-electron chi connectivity index (χ4n) is 9.30. The third-order valence-corrected chi connectivity index (χ3v) is 14.0. The average Bonchev–Trinajstić information content (AvgIpc) is 3.35. The Morgan fingerprint density at radius 1 is 0.290 bits per heavy atom. The lowest BCUT2D eigenvalue weighted by Crippen LogP contribution is -2.30. The highest BCUT2D eigenvalue weighted by atomic mass is 16.6. The molecule has 0 N–H and O–H groups in total. The van der Waals surface area contributed by atoms with Crippen molar-refractivity contribution >= 4 is 17.9 Å². The maximum atomic E-state index is 12.9. The fourth-order valence-corrected chi connectivity index (χ4v) is 9.30. The van der Waals surface area contributed by atoms with Gasteiger partial charge in [0.15, 0.2) is 6.10 Å². The largest absolute Gasteiger partial charge is 0.462 e. The number of ether oxygens (including phenoxy) is 3. The lowest BCUT2D eigenvalue weighted by atomic mass is 10.0. The van der Waals surface area contributed by atoms with Crippen molar-refractivity contribution in [3.05, 3.63) is 24.3 Å². The predicted molar refractivity (Wildman–Crippen MR) is 298 cm³/mol. The highest BCUT2D eigenvalue weighted by Gasteiger charge is 2.19. The van der Waals surface area contributed by atoms with Crippen molar-refractivity contribution in [1.82, 2.24) is 0 Å². The number of rotatable bonds is 57. The molecule has 0 fully saturated rings. The third-order valence-electron chi connectivity index (χ3n) is 14.0. The van der Waals surface area contributed by atoms with Crippen LogP contribution in [-0.2, 0) is 28.6 Å². The van der Waals surface area contributed by atoms with Crippen molar-refractivity contribution in [2.24, 2.45) is 0 Å². The fraction of sp³-hybridized carbons (Fsp3) is 0.889. The van der Waals surface area contributed by atoms with E-state index in [1.165, 1.54) is 225 Å². The number of allylic oxidation sites excluding steroid dienone is 4. The predicted octanol–water partition coefficient (Wildman–Crippen LogP) is 20.7. The first-order valence-corrected chi connectivity index (χ1v) is 30.8. The van der Waals surface area contributed by atoms with E-state index in [-0.39, 0.29) is 31.1 Å². The smallest absolute Gasteiger partial charge is 0.306 e. The Morgan fingerprint density at radius 2 is 0.522 bits per heavy atom. The number of carbonyl (C=O) groups excluding carboxylic acids is 3. The monoisotopic (exact) mass is 971 g/mol. The molecule has 0 saturated heterocycles. The first-order chi connectivity index (χ1) is 34.0. The van der Waals surface area contributed by atoms with Gasteiger partial charge in [0.05, 0.1) is 0 Å². The van der Waals surface area contributed by atoms with Crippen molar-refractivity contribution in [3.8, 4) is 0 Å². The molecule has 6 nitrogen and oxygen atoms in total. The lowest BCUT2D eigenvalue weighted by molar-refractivity contribution is -0.167. The summed E-state index contributed by atoms with van der Waals surface area (Å²) in [6.07, 6.45) is 68.9. The second-order valence-electron chi connectivity index (χ2n) is 21.0. The lowest BCUT2D eigenvalue weighted by Gasteiger charge is -2.18. The summed E-state index contributed by atoms with van der Waals surface area (Å²) in [6.45, 7) is 6.67. The molecule has 6 heteroatoms. The summed E-state index contributed by atoms with van der Waals surface area (Å²) in [7, 11) is 0. The average molecular weight is 972 g/mol. The summed E-state index contributed by atoms with van der Waals surface area (Å²) in [5.74, 6) is -0.858. The van der Waals surface area contributed by atoms with Crippen molar-refractivity contribution in [2.45, 2.75) is 348 Å². The van der Waals surface area contributed by atoms with E-state index in [0.717, 1.165) is 77.0 Å². The molecule has 69 heavy (non-hydrogen) atoms. The summed E-state index contributed by atoms with van der Waals surface area (Å²) in [5.41, 5.74) is 0. The SMILES string of the molecule is CCCCC/C=C\C/C=C\CCCCCCCC(=O)OCC(COC(=O)CCCCCCCCCCCCCCCCCCCCC)OC(=O)CCCCCCCCCCCCCCCCCCC. The van der Waals surface area contributed by atoms with Crippen LogP contribution in [0.4, 0.5) is 0 Å². The molecule has 0 saturated carbocycles. The van der Waals surface area contributed by atoms with E-state index in [9.17, 15) is 14.4 Å². The quantitative estimate of drug-likeness (QED) is 0.0261. The van der Waals surface area contributed by atoms with Crippen LogP contribution in [0.15, 0.2) is 24.3 Å². The van der Waals surface area contributed by atoms with E-state index in [0.29, 0.717) is 19.3 Å². The molecule has 0 aliphatic rings. The molecule has 0 amide bonds. The molecule has 1 atom stereocenters. The van der Waals surface area contributed by atoms with Crippen LogP contribution in [0.25, 0.3) is 0 Å². The molecule has 0 heterocycles. The van der Waals surface area contributed by atoms with Crippen LogP contribution in [-0.4, -0.2) is 37.2 Å². The zero-order valence-electron chi connectivity index (χ0n) is 46.6. The molecular weight excluding hydrogens is 853 g/mol. The number of carbonyl (C=O) groups is 3. The number of hydrogen-bond donors (Lipinski definition) is 0. The molecule has 0 aliphatic carbocycles. The molecule has 0 bridgehead atoms. The van der Waals surface area contributed by atoms with Gasteiger partial charge in [-0.3, -0.25) is 14.4 Å². The molecular formula is C63H118O6. The van der Waals surface area contributed by atoms with Gasteiger partial charge in [-0.05, 0) is 51.4 Å². The van der Waals surface area contributed by atoms with Crippen molar-refractivity contribution in [3.63, 3.8) is 0 Å². The molecule has 0 aliphatic heterocycles. The Balaban J connectivity index is 4.32. The first kappa shape index (κ1) is 66.9. The van der Waals surface area contributed by atoms with Gasteiger partial charge in [0.25, 0.3) is 0 Å². The zero-order valence-corrected chi connectivity index (χ0v) is 46.6. The normalized spacial score (nSPS) is 12.1. The zero-order chi connectivity index (χ0) is 50.0. The van der Waals surface area contributed by atoms with Crippen LogP contribution in [0.3, 0.4) is 0 Å². The summed E-state index contributed by atoms with van der Waals surface area (Å²) >= 11 is 0. The summed E-state index contributed by atoms with van der Waals surface area (Å²) in [6, 6.07) is 0. The van der Waals surface area contributed by atoms with E-state index in [2.05, 4.69) is 45.1 Å². The Morgan fingerprint density at radius 3 is 0.826 bits per heavy atom. The van der Waals surface area contributed by atoms with Crippen molar-refractivity contribution < 1.29 is 28.6 Å². The Hall–Kier alpha value is -2.11. The van der Waals surface area contributed by atoms with Crippen LogP contribution in [0.5, 0.6) is 0 Å². The number of hydrogen-bond acceptors (Lipinski definition) is 6. The minimum absolute atomic E-state index is 0.0697. The van der Waals surface area contributed by atoms with E-state index in [1.807, 2.05) is 0 Å². The molecule has 0 aromatic carbocycles. The second kappa shape index (κ2) is 58.5. The molecule has 1 unspecified atom stereocenters. The van der Waals surface area contributed by atoms with Gasteiger partial charge in [-0.15, -0.1) is 0 Å². The minimum atomic E-state index is -0.772. The topological polar surface area (TPSA) is 78.9 Å². The molecule has 0 aromatic rings. The maximum absolute atomic E-state index is 12.9. The van der Waals surface area contributed by atoms with E-state index in [1.54, 1.807) is 0 Å². The van der Waals surface area contributed by atoms with Gasteiger partial charge < -0.3 is 14.2 Å². The van der Waals surface area contributed by atoms with Crippen LogP contribution in [0.2, 0.25) is 0 Å². The van der Waals surface area contributed by atoms with Gasteiger partial charge >= 0.3 is 17.9 Å². The van der Waals surface area contributed by atoms with E-state index in [4.69, 9.17) is 14.2 Å². The van der Waals surface area contributed by atoms with Gasteiger partial charge in [-0.2, -0.15) is 0 Å². The minimum Gasteiger partial charge on any atom is -0.462 e. The van der Waals surface area contributed by atoms with Crippen molar-refractivity contribution in [1.29, 1.82) is 0 Å². The van der Waals surface area contributed by atoms with Gasteiger partial charge in [-0.1, -0.05) is 295 Å². The van der Waals surface area contributed by atoms with Crippen molar-refractivity contribution in [2.75, 3.05) is 13.2 Å². The third kappa shape index (κ3) is 56.7. The van der Waals surface area contributed by atoms with E-state index >= 15 is 0 Å². The Kier molecular flexibility index (Phi) is 56.7. The highest BCUT2D eigenvalue weighted by Crippen LogP contribution is 2.18. The summed E-state index contributed by atoms with van der Waals surface area (Å²) in [4.78, 5) is 38.2. The number of esters is 3. The van der Waals surface area contributed by atoms with Gasteiger partial charge in [0, 0.05) is 19.3 Å². The summed E-state index contributed by atoms with van der Waals surface area (Å²) < 4.78 is 16.9. The van der Waals surface area contributed by atoms with Crippen LogP contribution < -0.4 is 0 Å². The van der Waals surface area contributed by atoms with Gasteiger partial charge in [0.2, 0.25) is 0 Å². The molecule has 406 valence electrons. The standard InChI is InChI=1S/C63H118O6/c1-4-7-10-13-16-19-22-25-28-30-31-33-35-38-41-44-47-50-53-56-62(65)68-59-60(58-67-61(64)55-52-49-46-43-40-37-34-27-24-21-18-15-12-9-6-3)69-63(66)57-54-51-48-45-42-39-36-32-29-26-23-20-17-14-11-8-5-2/h18,21,27,34,60H,4-17,19-20,22-26,28-33,35-59H2,1-3H3/b21-18-,34-27-. The van der Waals surface area contributed by atoms with Gasteiger partial charge in [0.1, 0.15) is 13.2 Å². The number of unbranched alkanes of at least 4 members (excludes halogenated alkanes) is 42. The highest BCUT2D eigenvalue weighted by molar-refractivity contribution is 5.71. The Labute approximate surface area is 430 Å². The van der Waals surface area contributed by atoms with Crippen LogP contribution >= 0.6 is 0 Å². The van der Waals surface area contributed by atoms with Crippen LogP contribution in [0, 0.1) is 0 Å². The molecule has 0 radical (unpaired) electrons. The van der Waals surface area contributed by atoms with E-state index < -0.39 is 6.10 Å². The van der Waals surface area contributed by atoms with Gasteiger partial charge in [-0.25, -0.2) is 0 Å². The summed E-state index contributed by atoms with van der Waals surface area (Å²) in [5, 5.41) is 0. The second-order valence-corrected chi connectivity index (χ2v) is 21.0. The first-order valence-electron chi connectivity index (χ1n) is 30.8. The van der Waals surface area contributed by atoms with Crippen LogP contribution in [0.1, 0.15) is 342 Å². The Bertz CT molecular complexity index is 1110. The molecule has 0 aromatic heterocycles.